The van der Waals surface area contributed by atoms with E-state index in [1.807, 2.05) is 25.1 Å². The molecule has 0 atom stereocenters. The van der Waals surface area contributed by atoms with Crippen molar-refractivity contribution in [1.29, 1.82) is 0 Å². The van der Waals surface area contributed by atoms with Crippen molar-refractivity contribution in [2.24, 2.45) is 0 Å². The summed E-state index contributed by atoms with van der Waals surface area (Å²) < 4.78 is 5.59. The summed E-state index contributed by atoms with van der Waals surface area (Å²) in [4.78, 5) is 35.6. The Bertz CT molecular complexity index is 984. The van der Waals surface area contributed by atoms with Crippen LogP contribution in [0.2, 0.25) is 0 Å². The zero-order valence-corrected chi connectivity index (χ0v) is 15.2. The van der Waals surface area contributed by atoms with Crippen molar-refractivity contribution in [3.05, 3.63) is 64.3 Å². The van der Waals surface area contributed by atoms with Crippen LogP contribution in [-0.2, 0) is 17.8 Å². The van der Waals surface area contributed by atoms with Gasteiger partial charge >= 0.3 is 0 Å². The number of benzene rings is 1. The number of amides is 1. The van der Waals surface area contributed by atoms with Gasteiger partial charge < -0.3 is 15.0 Å². The van der Waals surface area contributed by atoms with Crippen molar-refractivity contribution in [2.45, 2.75) is 32.7 Å². The van der Waals surface area contributed by atoms with Crippen LogP contribution in [-0.4, -0.2) is 27.5 Å². The maximum atomic E-state index is 12.2. The summed E-state index contributed by atoms with van der Waals surface area (Å²) in [6, 6.07) is 10.8. The predicted octanol–water partition coefficient (Wildman–Crippen LogP) is 2.36. The van der Waals surface area contributed by atoms with Crippen molar-refractivity contribution >= 4 is 16.8 Å². The van der Waals surface area contributed by atoms with E-state index in [1.165, 1.54) is 0 Å². The zero-order valence-electron chi connectivity index (χ0n) is 15.2. The molecule has 0 fully saturated rings. The average Bonchev–Trinajstić information content (AvgIpc) is 2.70. The number of carbonyl (C=O) groups excluding carboxylic acids is 1. The number of nitrogens with one attached hydrogen (secondary N) is 2. The molecular formula is C20H22N4O3. The standard InChI is InChI=1S/C20H22N4O3/c1-2-12-27-20-14(6-5-11-21-20)13-22-18(25)10-9-17-23-16-8-4-3-7-15(16)19(26)24-17/h3-8,11H,2,9-10,12-13H2,1H3,(H,22,25)(H,23,24,26). The van der Waals surface area contributed by atoms with Gasteiger partial charge in [0.2, 0.25) is 11.8 Å². The molecule has 27 heavy (non-hydrogen) atoms. The Labute approximate surface area is 156 Å². The fourth-order valence-electron chi connectivity index (χ4n) is 2.65. The van der Waals surface area contributed by atoms with Crippen LogP contribution in [0.3, 0.4) is 0 Å². The molecule has 2 aromatic heterocycles. The largest absolute Gasteiger partial charge is 0.477 e. The predicted molar refractivity (Wildman–Crippen MR) is 103 cm³/mol. The molecule has 0 aliphatic carbocycles. The van der Waals surface area contributed by atoms with Crippen LogP contribution in [0, 0.1) is 0 Å². The third-order valence-corrected chi connectivity index (χ3v) is 4.02. The summed E-state index contributed by atoms with van der Waals surface area (Å²) in [7, 11) is 0. The van der Waals surface area contributed by atoms with E-state index in [0.29, 0.717) is 42.2 Å². The van der Waals surface area contributed by atoms with Crippen molar-refractivity contribution in [1.82, 2.24) is 20.3 Å². The van der Waals surface area contributed by atoms with Crippen LogP contribution in [0.5, 0.6) is 5.88 Å². The maximum absolute atomic E-state index is 12.2. The number of nitrogens with zero attached hydrogens (tertiary/aromatic N) is 2. The summed E-state index contributed by atoms with van der Waals surface area (Å²) in [5.41, 5.74) is 1.27. The second kappa shape index (κ2) is 8.93. The minimum Gasteiger partial charge on any atom is -0.477 e. The van der Waals surface area contributed by atoms with Crippen LogP contribution in [0.4, 0.5) is 0 Å². The molecule has 0 saturated carbocycles. The lowest BCUT2D eigenvalue weighted by Gasteiger charge is -2.10. The number of aromatic nitrogens is 3. The molecule has 0 spiro atoms. The highest BCUT2D eigenvalue weighted by Crippen LogP contribution is 2.14. The van der Waals surface area contributed by atoms with Crippen molar-refractivity contribution in [3.8, 4) is 5.88 Å². The Morgan fingerprint density at radius 1 is 1.22 bits per heavy atom. The van der Waals surface area contributed by atoms with Crippen LogP contribution < -0.4 is 15.6 Å². The molecule has 0 aliphatic rings. The number of fused-ring (bicyclic) bond motifs is 1. The minimum absolute atomic E-state index is 0.129. The number of aromatic amines is 1. The van der Waals surface area contributed by atoms with Gasteiger partial charge in [0.25, 0.3) is 5.56 Å². The average molecular weight is 366 g/mol. The number of aryl methyl sites for hydroxylation is 1. The molecule has 2 N–H and O–H groups in total. The Hall–Kier alpha value is -3.22. The normalized spacial score (nSPS) is 10.7. The number of hydrogen-bond donors (Lipinski definition) is 2. The lowest BCUT2D eigenvalue weighted by atomic mass is 10.2. The summed E-state index contributed by atoms with van der Waals surface area (Å²) >= 11 is 0. The van der Waals surface area contributed by atoms with Crippen molar-refractivity contribution in [2.75, 3.05) is 6.61 Å². The second-order valence-corrected chi connectivity index (χ2v) is 6.12. The third kappa shape index (κ3) is 4.91. The van der Waals surface area contributed by atoms with Gasteiger partial charge in [-0.3, -0.25) is 9.59 Å². The number of para-hydroxylation sites is 1. The molecule has 0 aliphatic heterocycles. The highest BCUT2D eigenvalue weighted by Gasteiger charge is 2.09. The molecule has 7 heteroatoms. The molecule has 1 amide bonds. The third-order valence-electron chi connectivity index (χ3n) is 4.02. The van der Waals surface area contributed by atoms with E-state index < -0.39 is 0 Å². The van der Waals surface area contributed by atoms with E-state index in [1.54, 1.807) is 24.4 Å². The smallest absolute Gasteiger partial charge is 0.258 e. The highest BCUT2D eigenvalue weighted by atomic mass is 16.5. The van der Waals surface area contributed by atoms with Gasteiger partial charge in [-0.1, -0.05) is 25.1 Å². The lowest BCUT2D eigenvalue weighted by Crippen LogP contribution is -2.24. The highest BCUT2D eigenvalue weighted by molar-refractivity contribution is 5.78. The molecule has 0 bridgehead atoms. The molecular weight excluding hydrogens is 344 g/mol. The molecule has 3 aromatic rings. The molecule has 0 radical (unpaired) electrons. The minimum atomic E-state index is -0.191. The quantitative estimate of drug-likeness (QED) is 0.638. The van der Waals surface area contributed by atoms with Gasteiger partial charge in [-0.15, -0.1) is 0 Å². The fourth-order valence-corrected chi connectivity index (χ4v) is 2.65. The Morgan fingerprint density at radius 3 is 2.93 bits per heavy atom. The Balaban J connectivity index is 1.57. The summed E-state index contributed by atoms with van der Waals surface area (Å²) in [5, 5.41) is 3.40. The molecule has 2 heterocycles. The molecule has 1 aromatic carbocycles. The first-order valence-corrected chi connectivity index (χ1v) is 8.98. The number of rotatable bonds is 8. The van der Waals surface area contributed by atoms with Crippen LogP contribution in [0.1, 0.15) is 31.2 Å². The Morgan fingerprint density at radius 2 is 2.07 bits per heavy atom. The van der Waals surface area contributed by atoms with Gasteiger partial charge in [0.1, 0.15) is 5.82 Å². The molecule has 0 unspecified atom stereocenters. The SMILES string of the molecule is CCCOc1ncccc1CNC(=O)CCc1nc2ccccc2c(=O)[nH]1. The van der Waals surface area contributed by atoms with E-state index >= 15 is 0 Å². The van der Waals surface area contributed by atoms with Gasteiger partial charge in [0, 0.05) is 31.1 Å². The van der Waals surface area contributed by atoms with Gasteiger partial charge in [-0.2, -0.15) is 0 Å². The molecule has 3 rings (SSSR count). The van der Waals surface area contributed by atoms with E-state index in [-0.39, 0.29) is 17.9 Å². The first-order chi connectivity index (χ1) is 13.2. The van der Waals surface area contributed by atoms with Crippen LogP contribution in [0.15, 0.2) is 47.4 Å². The fraction of sp³-hybridized carbons (Fsp3) is 0.300. The second-order valence-electron chi connectivity index (χ2n) is 6.12. The number of hydrogen-bond acceptors (Lipinski definition) is 5. The zero-order chi connectivity index (χ0) is 19.1. The number of H-pyrrole nitrogens is 1. The van der Waals surface area contributed by atoms with Crippen LogP contribution in [0.25, 0.3) is 10.9 Å². The van der Waals surface area contributed by atoms with E-state index in [4.69, 9.17) is 4.74 Å². The van der Waals surface area contributed by atoms with Gasteiger partial charge in [-0.25, -0.2) is 9.97 Å². The number of ether oxygens (including phenoxy) is 1. The number of carbonyl (C=O) groups is 1. The van der Waals surface area contributed by atoms with E-state index in [9.17, 15) is 9.59 Å². The summed E-state index contributed by atoms with van der Waals surface area (Å²) in [5.74, 6) is 0.915. The summed E-state index contributed by atoms with van der Waals surface area (Å²) in [6.45, 7) is 2.95. The van der Waals surface area contributed by atoms with Gasteiger partial charge in [0.05, 0.1) is 17.5 Å². The van der Waals surface area contributed by atoms with E-state index in [0.717, 1.165) is 12.0 Å². The van der Waals surface area contributed by atoms with Crippen LogP contribution >= 0.6 is 0 Å². The molecule has 0 saturated heterocycles. The molecule has 140 valence electrons. The lowest BCUT2D eigenvalue weighted by molar-refractivity contribution is -0.121. The first-order valence-electron chi connectivity index (χ1n) is 8.98. The summed E-state index contributed by atoms with van der Waals surface area (Å²) in [6.07, 6.45) is 3.14. The topological polar surface area (TPSA) is 97.0 Å². The number of pyridine rings is 1. The monoisotopic (exact) mass is 366 g/mol. The Kier molecular flexibility index (Phi) is 6.14. The van der Waals surface area contributed by atoms with E-state index in [2.05, 4.69) is 20.3 Å². The van der Waals surface area contributed by atoms with Crippen molar-refractivity contribution < 1.29 is 9.53 Å². The van der Waals surface area contributed by atoms with Gasteiger partial charge in [-0.05, 0) is 24.6 Å². The van der Waals surface area contributed by atoms with Gasteiger partial charge in [0.15, 0.2) is 0 Å². The molecule has 7 nitrogen and oxygen atoms in total. The maximum Gasteiger partial charge on any atom is 0.258 e. The van der Waals surface area contributed by atoms with Crippen molar-refractivity contribution in [3.63, 3.8) is 0 Å². The first kappa shape index (κ1) is 18.6.